The number of ether oxygens (including phenoxy) is 2. The molecule has 25 heavy (non-hydrogen) atoms. The van der Waals surface area contributed by atoms with Crippen molar-refractivity contribution in [3.8, 4) is 11.5 Å². The zero-order chi connectivity index (χ0) is 17.8. The second-order valence-corrected chi connectivity index (χ2v) is 6.10. The summed E-state index contributed by atoms with van der Waals surface area (Å²) < 4.78 is 10.8. The minimum Gasteiger partial charge on any atom is -0.486 e. The van der Waals surface area contributed by atoms with E-state index in [1.807, 2.05) is 0 Å². The molecule has 130 valence electrons. The molecule has 1 aliphatic heterocycles. The van der Waals surface area contributed by atoms with E-state index >= 15 is 0 Å². The molecule has 2 aromatic rings. The molecule has 2 N–H and O–H groups in total. The third-order valence-corrected chi connectivity index (χ3v) is 4.21. The first kappa shape index (κ1) is 17.4. The van der Waals surface area contributed by atoms with Crippen molar-refractivity contribution >= 4 is 35.0 Å². The molecular weight excluding hydrogens is 367 g/mol. The molecule has 0 fully saturated rings. The van der Waals surface area contributed by atoms with Gasteiger partial charge in [0, 0.05) is 5.56 Å². The molecular formula is C17H14Cl2N2O4. The van der Waals surface area contributed by atoms with Crippen LogP contribution in [-0.4, -0.2) is 25.0 Å². The third kappa shape index (κ3) is 4.35. The van der Waals surface area contributed by atoms with Crippen molar-refractivity contribution in [2.75, 3.05) is 13.2 Å². The van der Waals surface area contributed by atoms with Crippen LogP contribution in [0.4, 0.5) is 0 Å². The fraction of sp³-hybridized carbons (Fsp3) is 0.176. The van der Waals surface area contributed by atoms with Crippen LogP contribution in [0.2, 0.25) is 10.0 Å². The van der Waals surface area contributed by atoms with E-state index in [1.165, 1.54) is 0 Å². The molecule has 8 heteroatoms. The summed E-state index contributed by atoms with van der Waals surface area (Å²) in [6.07, 6.45) is 0.0539. The van der Waals surface area contributed by atoms with Gasteiger partial charge >= 0.3 is 0 Å². The summed E-state index contributed by atoms with van der Waals surface area (Å²) in [6.45, 7) is 0.905. The summed E-state index contributed by atoms with van der Waals surface area (Å²) >= 11 is 11.7. The van der Waals surface area contributed by atoms with Crippen molar-refractivity contribution in [1.29, 1.82) is 0 Å². The molecule has 0 aliphatic carbocycles. The molecule has 0 saturated carbocycles. The monoisotopic (exact) mass is 380 g/mol. The normalized spacial score (nSPS) is 12.4. The van der Waals surface area contributed by atoms with Gasteiger partial charge in [-0.25, -0.2) is 0 Å². The fourth-order valence-electron chi connectivity index (χ4n) is 2.26. The molecule has 0 spiro atoms. The van der Waals surface area contributed by atoms with Crippen LogP contribution in [0, 0.1) is 0 Å². The van der Waals surface area contributed by atoms with Gasteiger partial charge < -0.3 is 9.47 Å². The number of nitrogens with one attached hydrogen (secondary N) is 2. The van der Waals surface area contributed by atoms with Crippen LogP contribution in [0.5, 0.6) is 11.5 Å². The van der Waals surface area contributed by atoms with Crippen molar-refractivity contribution in [2.45, 2.75) is 6.42 Å². The predicted molar refractivity (Wildman–Crippen MR) is 93.2 cm³/mol. The van der Waals surface area contributed by atoms with Gasteiger partial charge in [0.05, 0.1) is 16.5 Å². The quantitative estimate of drug-likeness (QED) is 0.802. The van der Waals surface area contributed by atoms with Crippen LogP contribution >= 0.6 is 23.2 Å². The lowest BCUT2D eigenvalue weighted by Crippen LogP contribution is -2.42. The lowest BCUT2D eigenvalue weighted by molar-refractivity contribution is -0.121. The van der Waals surface area contributed by atoms with Crippen LogP contribution in [-0.2, 0) is 11.2 Å². The molecule has 0 unspecified atom stereocenters. The summed E-state index contributed by atoms with van der Waals surface area (Å²) in [6, 6.07) is 9.71. The van der Waals surface area contributed by atoms with E-state index in [0.717, 1.165) is 0 Å². The first-order chi connectivity index (χ1) is 12.0. The van der Waals surface area contributed by atoms with Crippen LogP contribution in [0.25, 0.3) is 0 Å². The number of amides is 2. The van der Waals surface area contributed by atoms with Crippen molar-refractivity contribution < 1.29 is 19.1 Å². The minimum absolute atomic E-state index is 0.0539. The lowest BCUT2D eigenvalue weighted by atomic mass is 10.1. The molecule has 1 heterocycles. The Kier molecular flexibility index (Phi) is 5.31. The summed E-state index contributed by atoms with van der Waals surface area (Å²) in [5.74, 6) is 0.247. The van der Waals surface area contributed by atoms with Crippen LogP contribution in [0.15, 0.2) is 36.4 Å². The van der Waals surface area contributed by atoms with Crippen LogP contribution in [0.3, 0.4) is 0 Å². The standard InChI is InChI=1S/C17H14Cl2N2O4/c18-12-3-1-10(7-13(12)19)8-16(22)20-21-17(23)11-2-4-14-15(9-11)25-6-5-24-14/h1-4,7,9H,5-6,8H2,(H,20,22)(H,21,23). The summed E-state index contributed by atoms with van der Waals surface area (Å²) in [5.41, 5.74) is 5.74. The van der Waals surface area contributed by atoms with Gasteiger partial charge in [-0.1, -0.05) is 29.3 Å². The number of hydrogen-bond donors (Lipinski definition) is 2. The SMILES string of the molecule is O=C(Cc1ccc(Cl)c(Cl)c1)NNC(=O)c1ccc2c(c1)OCCO2. The maximum Gasteiger partial charge on any atom is 0.269 e. The zero-order valence-corrected chi connectivity index (χ0v) is 14.5. The molecule has 2 aromatic carbocycles. The van der Waals surface area contributed by atoms with Crippen molar-refractivity contribution in [1.82, 2.24) is 10.9 Å². The highest BCUT2D eigenvalue weighted by Gasteiger charge is 2.15. The number of halogens is 2. The Hall–Kier alpha value is -2.44. The smallest absolute Gasteiger partial charge is 0.269 e. The molecule has 1 aliphatic rings. The number of hydrazine groups is 1. The highest BCUT2D eigenvalue weighted by molar-refractivity contribution is 6.42. The van der Waals surface area contributed by atoms with Crippen LogP contribution < -0.4 is 20.3 Å². The largest absolute Gasteiger partial charge is 0.486 e. The van der Waals surface area contributed by atoms with Crippen molar-refractivity contribution in [3.63, 3.8) is 0 Å². The Bertz CT molecular complexity index is 826. The van der Waals surface area contributed by atoms with E-state index in [1.54, 1.807) is 36.4 Å². The second-order valence-electron chi connectivity index (χ2n) is 5.29. The summed E-state index contributed by atoms with van der Waals surface area (Å²) in [7, 11) is 0. The van der Waals surface area contributed by atoms with E-state index in [9.17, 15) is 9.59 Å². The molecule has 0 bridgehead atoms. The average Bonchev–Trinajstić information content (AvgIpc) is 2.62. The molecule has 2 amide bonds. The van der Waals surface area contributed by atoms with E-state index in [4.69, 9.17) is 32.7 Å². The third-order valence-electron chi connectivity index (χ3n) is 3.47. The minimum atomic E-state index is -0.459. The molecule has 6 nitrogen and oxygen atoms in total. The maximum absolute atomic E-state index is 12.1. The van der Waals surface area contributed by atoms with Gasteiger partial charge in [-0.2, -0.15) is 0 Å². The topological polar surface area (TPSA) is 76.7 Å². The van der Waals surface area contributed by atoms with Gasteiger partial charge in [0.15, 0.2) is 11.5 Å². The Balaban J connectivity index is 1.56. The number of carbonyl (C=O) groups is 2. The van der Waals surface area contributed by atoms with Gasteiger partial charge in [-0.15, -0.1) is 0 Å². The Morgan fingerprint density at radius 2 is 1.68 bits per heavy atom. The molecule has 0 aromatic heterocycles. The number of carbonyl (C=O) groups excluding carboxylic acids is 2. The van der Waals surface area contributed by atoms with E-state index in [-0.39, 0.29) is 12.3 Å². The Labute approximate surface area is 154 Å². The second kappa shape index (κ2) is 7.63. The maximum atomic E-state index is 12.1. The van der Waals surface area contributed by atoms with Gasteiger partial charge in [-0.3, -0.25) is 20.4 Å². The van der Waals surface area contributed by atoms with E-state index in [2.05, 4.69) is 10.9 Å². The Morgan fingerprint density at radius 3 is 2.44 bits per heavy atom. The van der Waals surface area contributed by atoms with Crippen molar-refractivity contribution in [2.24, 2.45) is 0 Å². The van der Waals surface area contributed by atoms with Gasteiger partial charge in [0.1, 0.15) is 13.2 Å². The van der Waals surface area contributed by atoms with Crippen LogP contribution in [0.1, 0.15) is 15.9 Å². The first-order valence-corrected chi connectivity index (χ1v) is 8.21. The summed E-state index contributed by atoms with van der Waals surface area (Å²) in [5, 5.41) is 0.782. The van der Waals surface area contributed by atoms with Gasteiger partial charge in [0.2, 0.25) is 5.91 Å². The Morgan fingerprint density at radius 1 is 0.920 bits per heavy atom. The fourth-order valence-corrected chi connectivity index (χ4v) is 2.58. The number of rotatable bonds is 3. The number of hydrogen-bond acceptors (Lipinski definition) is 4. The van der Waals surface area contributed by atoms with Gasteiger partial charge in [0.25, 0.3) is 5.91 Å². The van der Waals surface area contributed by atoms with Gasteiger partial charge in [-0.05, 0) is 35.9 Å². The highest BCUT2D eigenvalue weighted by atomic mass is 35.5. The highest BCUT2D eigenvalue weighted by Crippen LogP contribution is 2.30. The van der Waals surface area contributed by atoms with E-state index < -0.39 is 5.91 Å². The molecule has 0 atom stereocenters. The molecule has 3 rings (SSSR count). The number of fused-ring (bicyclic) bond motifs is 1. The zero-order valence-electron chi connectivity index (χ0n) is 13.0. The number of benzene rings is 2. The lowest BCUT2D eigenvalue weighted by Gasteiger charge is -2.18. The average molecular weight is 381 g/mol. The first-order valence-electron chi connectivity index (χ1n) is 7.45. The predicted octanol–water partition coefficient (Wildman–Crippen LogP) is 2.77. The van der Waals surface area contributed by atoms with E-state index in [0.29, 0.717) is 45.9 Å². The van der Waals surface area contributed by atoms with Crippen molar-refractivity contribution in [3.05, 3.63) is 57.6 Å². The molecule has 0 saturated heterocycles. The molecule has 0 radical (unpaired) electrons. The summed E-state index contributed by atoms with van der Waals surface area (Å²) in [4.78, 5) is 24.1.